The van der Waals surface area contributed by atoms with Crippen molar-refractivity contribution in [3.8, 4) is 0 Å². The highest BCUT2D eigenvalue weighted by Crippen LogP contribution is 2.44. The molecule has 0 saturated carbocycles. The van der Waals surface area contributed by atoms with Gasteiger partial charge in [-0.1, -0.05) is 25.1 Å². The molecule has 28 heavy (non-hydrogen) atoms. The van der Waals surface area contributed by atoms with Crippen LogP contribution in [0.4, 0.5) is 17.1 Å². The highest BCUT2D eigenvalue weighted by molar-refractivity contribution is 6.18. The predicted octanol–water partition coefficient (Wildman–Crippen LogP) is 3.73. The molecular weight excluding hydrogens is 352 g/mol. The third-order valence-corrected chi connectivity index (χ3v) is 5.87. The second-order valence-electron chi connectivity index (χ2n) is 7.79. The van der Waals surface area contributed by atoms with Gasteiger partial charge in [0, 0.05) is 12.2 Å². The van der Waals surface area contributed by atoms with Gasteiger partial charge in [-0.15, -0.1) is 0 Å². The molecule has 1 heterocycles. The number of hydrogen-bond acceptors (Lipinski definition) is 3. The van der Waals surface area contributed by atoms with E-state index in [0.29, 0.717) is 12.5 Å². The second-order valence-corrected chi connectivity index (χ2v) is 7.79. The van der Waals surface area contributed by atoms with Crippen LogP contribution in [-0.4, -0.2) is 23.5 Å². The number of fused-ring (bicyclic) bond motifs is 3. The first-order chi connectivity index (χ1) is 13.5. The molecule has 1 aliphatic heterocycles. The third kappa shape index (κ3) is 3.10. The molecule has 2 aliphatic rings. The van der Waals surface area contributed by atoms with E-state index in [-0.39, 0.29) is 24.8 Å². The number of aliphatic hydroxyl groups is 1. The molecule has 1 N–H and O–H groups in total. The molecule has 5 nitrogen and oxygen atoms in total. The van der Waals surface area contributed by atoms with E-state index in [1.165, 1.54) is 11.1 Å². The highest BCUT2D eigenvalue weighted by Gasteiger charge is 2.35. The summed E-state index contributed by atoms with van der Waals surface area (Å²) in [5.74, 6) is 0.196. The number of aliphatic hydroxyl groups excluding tert-OH is 1. The summed E-state index contributed by atoms with van der Waals surface area (Å²) in [6.45, 7) is 4.71. The van der Waals surface area contributed by atoms with E-state index in [4.69, 9.17) is 0 Å². The lowest BCUT2D eigenvalue weighted by Gasteiger charge is -2.32. The molecule has 5 heteroatoms. The molecule has 0 radical (unpaired) electrons. The number of carbonyl (C=O) groups excluding carboxylic acids is 2. The molecule has 0 fully saturated rings. The standard InChI is InChI=1S/C23H26N2O3/c1-3-24-21(27)13-22(28)25(18-9-5-16(14-26)6-10-18)20-11-8-17-7-4-15(2)12-19(17)23(20)24/h5-6,8-11,15,26H,3-4,7,12-14H2,1-2H3. The summed E-state index contributed by atoms with van der Waals surface area (Å²) >= 11 is 0. The number of benzene rings is 2. The van der Waals surface area contributed by atoms with Crippen molar-refractivity contribution in [1.29, 1.82) is 0 Å². The first-order valence-corrected chi connectivity index (χ1v) is 10.0. The summed E-state index contributed by atoms with van der Waals surface area (Å²) in [6.07, 6.45) is 2.94. The van der Waals surface area contributed by atoms with E-state index < -0.39 is 0 Å². The number of rotatable bonds is 3. The number of aryl methyl sites for hydroxylation is 1. The van der Waals surface area contributed by atoms with E-state index in [1.807, 2.05) is 37.3 Å². The van der Waals surface area contributed by atoms with Crippen molar-refractivity contribution in [2.24, 2.45) is 5.92 Å². The van der Waals surface area contributed by atoms with Gasteiger partial charge in [-0.25, -0.2) is 0 Å². The molecule has 4 rings (SSSR count). The van der Waals surface area contributed by atoms with Crippen molar-refractivity contribution in [1.82, 2.24) is 0 Å². The van der Waals surface area contributed by atoms with Gasteiger partial charge in [0.2, 0.25) is 11.8 Å². The lowest BCUT2D eigenvalue weighted by molar-refractivity contribution is -0.125. The van der Waals surface area contributed by atoms with Crippen LogP contribution in [0.25, 0.3) is 0 Å². The third-order valence-electron chi connectivity index (χ3n) is 5.87. The molecule has 2 aromatic rings. The maximum Gasteiger partial charge on any atom is 0.241 e. The highest BCUT2D eigenvalue weighted by atomic mass is 16.3. The first kappa shape index (κ1) is 18.7. The van der Waals surface area contributed by atoms with Crippen LogP contribution in [0.5, 0.6) is 0 Å². The average Bonchev–Trinajstić information content (AvgIpc) is 2.80. The van der Waals surface area contributed by atoms with Gasteiger partial charge in [0.15, 0.2) is 0 Å². The van der Waals surface area contributed by atoms with Crippen LogP contribution in [0.15, 0.2) is 36.4 Å². The Morgan fingerprint density at radius 1 is 1.07 bits per heavy atom. The zero-order chi connectivity index (χ0) is 19.8. The van der Waals surface area contributed by atoms with Crippen LogP contribution in [0.3, 0.4) is 0 Å². The number of nitrogens with zero attached hydrogens (tertiary/aromatic N) is 2. The summed E-state index contributed by atoms with van der Waals surface area (Å²) in [5, 5.41) is 9.32. The zero-order valence-corrected chi connectivity index (χ0v) is 16.4. The van der Waals surface area contributed by atoms with Gasteiger partial charge in [-0.05, 0) is 67.0 Å². The fraction of sp³-hybridized carbons (Fsp3) is 0.391. The van der Waals surface area contributed by atoms with Crippen LogP contribution in [0.1, 0.15) is 43.4 Å². The molecule has 2 aromatic carbocycles. The maximum atomic E-state index is 13.1. The Bertz CT molecular complexity index is 920. The van der Waals surface area contributed by atoms with E-state index >= 15 is 0 Å². The molecule has 146 valence electrons. The van der Waals surface area contributed by atoms with Gasteiger partial charge < -0.3 is 10.0 Å². The van der Waals surface area contributed by atoms with Crippen molar-refractivity contribution >= 4 is 28.9 Å². The maximum absolute atomic E-state index is 13.1. The van der Waals surface area contributed by atoms with Gasteiger partial charge >= 0.3 is 0 Å². The normalized spacial score (nSPS) is 19.3. The predicted molar refractivity (Wildman–Crippen MR) is 110 cm³/mol. The van der Waals surface area contributed by atoms with Gasteiger partial charge in [-0.3, -0.25) is 14.5 Å². The Labute approximate surface area is 165 Å². The molecule has 1 aliphatic carbocycles. The Balaban J connectivity index is 1.93. The van der Waals surface area contributed by atoms with E-state index in [9.17, 15) is 14.7 Å². The summed E-state index contributed by atoms with van der Waals surface area (Å²) in [4.78, 5) is 29.4. The first-order valence-electron chi connectivity index (χ1n) is 10.0. The molecule has 1 atom stereocenters. The molecular formula is C23H26N2O3. The SMILES string of the molecule is CCN1C(=O)CC(=O)N(c2ccc(CO)cc2)c2ccc3c(c21)CC(C)CC3. The van der Waals surface area contributed by atoms with Crippen molar-refractivity contribution in [3.63, 3.8) is 0 Å². The van der Waals surface area contributed by atoms with E-state index in [2.05, 4.69) is 13.0 Å². The van der Waals surface area contributed by atoms with Crippen LogP contribution < -0.4 is 9.80 Å². The van der Waals surface area contributed by atoms with Crippen molar-refractivity contribution in [3.05, 3.63) is 53.1 Å². The van der Waals surface area contributed by atoms with E-state index in [0.717, 1.165) is 41.9 Å². The van der Waals surface area contributed by atoms with Crippen molar-refractivity contribution in [2.45, 2.75) is 46.1 Å². The summed E-state index contributed by atoms with van der Waals surface area (Å²) < 4.78 is 0. The Hall–Kier alpha value is -2.66. The smallest absolute Gasteiger partial charge is 0.241 e. The molecule has 0 spiro atoms. The monoisotopic (exact) mass is 378 g/mol. The van der Waals surface area contributed by atoms with Crippen LogP contribution in [0, 0.1) is 5.92 Å². The van der Waals surface area contributed by atoms with Crippen LogP contribution in [0.2, 0.25) is 0 Å². The Kier molecular flexibility index (Phi) is 4.94. The molecule has 2 amide bonds. The lowest BCUT2D eigenvalue weighted by Crippen LogP contribution is -2.32. The minimum Gasteiger partial charge on any atom is -0.392 e. The topological polar surface area (TPSA) is 60.9 Å². The molecule has 1 unspecified atom stereocenters. The number of amides is 2. The minimum absolute atomic E-state index is 0.0433. The Morgan fingerprint density at radius 3 is 2.50 bits per heavy atom. The van der Waals surface area contributed by atoms with Gasteiger partial charge in [-0.2, -0.15) is 0 Å². The lowest BCUT2D eigenvalue weighted by atomic mass is 9.83. The molecule has 0 aromatic heterocycles. The zero-order valence-electron chi connectivity index (χ0n) is 16.4. The number of anilines is 3. The van der Waals surface area contributed by atoms with Crippen LogP contribution in [-0.2, 0) is 29.0 Å². The molecule has 0 saturated heterocycles. The van der Waals surface area contributed by atoms with Crippen molar-refractivity contribution in [2.75, 3.05) is 16.3 Å². The fourth-order valence-corrected chi connectivity index (χ4v) is 4.39. The Morgan fingerprint density at radius 2 is 1.82 bits per heavy atom. The second kappa shape index (κ2) is 7.40. The summed E-state index contributed by atoms with van der Waals surface area (Å²) in [7, 11) is 0. The fourth-order valence-electron chi connectivity index (χ4n) is 4.39. The van der Waals surface area contributed by atoms with Gasteiger partial charge in [0.1, 0.15) is 6.42 Å². The average molecular weight is 378 g/mol. The van der Waals surface area contributed by atoms with Gasteiger partial charge in [0.05, 0.1) is 18.0 Å². The quantitative estimate of drug-likeness (QED) is 0.828. The summed E-state index contributed by atoms with van der Waals surface area (Å²) in [6, 6.07) is 11.4. The number of carbonyl (C=O) groups is 2. The minimum atomic E-state index is -0.220. The molecule has 0 bridgehead atoms. The summed E-state index contributed by atoms with van der Waals surface area (Å²) in [5.41, 5.74) is 5.68. The number of hydrogen-bond donors (Lipinski definition) is 1. The van der Waals surface area contributed by atoms with Gasteiger partial charge in [0.25, 0.3) is 0 Å². The van der Waals surface area contributed by atoms with E-state index in [1.54, 1.807) is 9.80 Å². The van der Waals surface area contributed by atoms with Crippen LogP contribution >= 0.6 is 0 Å². The van der Waals surface area contributed by atoms with Crippen molar-refractivity contribution < 1.29 is 14.7 Å². The largest absolute Gasteiger partial charge is 0.392 e.